The summed E-state index contributed by atoms with van der Waals surface area (Å²) in [5.74, 6) is -0.188. The summed E-state index contributed by atoms with van der Waals surface area (Å²) in [6.07, 6.45) is 0. The number of benzene rings is 1. The maximum absolute atomic E-state index is 12.6. The lowest BCUT2D eigenvalue weighted by molar-refractivity contribution is 0.0537. The van der Waals surface area contributed by atoms with E-state index in [9.17, 15) is 9.59 Å². The Hall–Kier alpha value is -1.63. The Bertz CT molecular complexity index is 785. The number of rotatable bonds is 2. The summed E-state index contributed by atoms with van der Waals surface area (Å²) in [5.41, 5.74) is 2.81. The van der Waals surface area contributed by atoms with Crippen molar-refractivity contribution in [2.45, 2.75) is 6.92 Å². The molecule has 1 aromatic carbocycles. The molecule has 0 N–H and O–H groups in total. The first-order valence-electron chi connectivity index (χ1n) is 7.41. The quantitative estimate of drug-likeness (QED) is 0.798. The molecule has 0 spiro atoms. The Labute approximate surface area is 153 Å². The van der Waals surface area contributed by atoms with E-state index in [1.807, 2.05) is 6.92 Å². The monoisotopic (exact) mass is 383 g/mol. The van der Waals surface area contributed by atoms with Gasteiger partial charge in [-0.2, -0.15) is 0 Å². The highest BCUT2D eigenvalue weighted by Gasteiger charge is 2.28. The molecule has 1 aromatic heterocycles. The SMILES string of the molecule is Cc1ncsc1C(=O)N1CCN(C(=O)c2cccc(Cl)c2Cl)CC1. The molecular formula is C16H15Cl2N3O2S. The van der Waals surface area contributed by atoms with Gasteiger partial charge in [0.2, 0.25) is 0 Å². The van der Waals surface area contributed by atoms with Gasteiger partial charge in [0, 0.05) is 26.2 Å². The van der Waals surface area contributed by atoms with Crippen molar-refractivity contribution in [3.05, 3.63) is 49.9 Å². The van der Waals surface area contributed by atoms with Crippen molar-refractivity contribution in [3.63, 3.8) is 0 Å². The predicted molar refractivity (Wildman–Crippen MR) is 95.1 cm³/mol. The van der Waals surface area contributed by atoms with Gasteiger partial charge in [0.05, 0.1) is 26.8 Å². The van der Waals surface area contributed by atoms with Crippen LogP contribution in [0.4, 0.5) is 0 Å². The second-order valence-electron chi connectivity index (χ2n) is 5.45. The molecule has 24 heavy (non-hydrogen) atoms. The molecule has 2 aromatic rings. The summed E-state index contributed by atoms with van der Waals surface area (Å²) in [6.45, 7) is 3.72. The molecule has 2 heterocycles. The van der Waals surface area contributed by atoms with E-state index in [-0.39, 0.29) is 16.8 Å². The third kappa shape index (κ3) is 3.27. The number of thiazole rings is 1. The first kappa shape index (κ1) is 17.2. The summed E-state index contributed by atoms with van der Waals surface area (Å²) in [5, 5.41) is 0.625. The number of amides is 2. The first-order valence-corrected chi connectivity index (χ1v) is 9.05. The number of aryl methyl sites for hydroxylation is 1. The summed E-state index contributed by atoms with van der Waals surface area (Å²) < 4.78 is 0. The summed E-state index contributed by atoms with van der Waals surface area (Å²) in [4.78, 5) is 33.3. The predicted octanol–water partition coefficient (Wildman–Crippen LogP) is 3.36. The van der Waals surface area contributed by atoms with Crippen LogP contribution in [-0.2, 0) is 0 Å². The lowest BCUT2D eigenvalue weighted by Crippen LogP contribution is -2.50. The molecule has 1 saturated heterocycles. The zero-order valence-electron chi connectivity index (χ0n) is 13.0. The first-order chi connectivity index (χ1) is 11.5. The lowest BCUT2D eigenvalue weighted by Gasteiger charge is -2.34. The van der Waals surface area contributed by atoms with Crippen molar-refractivity contribution < 1.29 is 9.59 Å². The van der Waals surface area contributed by atoms with Gasteiger partial charge in [-0.3, -0.25) is 9.59 Å². The zero-order chi connectivity index (χ0) is 17.3. The maximum Gasteiger partial charge on any atom is 0.265 e. The van der Waals surface area contributed by atoms with Crippen LogP contribution in [0.15, 0.2) is 23.7 Å². The maximum atomic E-state index is 12.6. The molecule has 126 valence electrons. The second-order valence-corrected chi connectivity index (χ2v) is 7.09. The van der Waals surface area contributed by atoms with Crippen molar-refractivity contribution >= 4 is 46.4 Å². The Kier molecular flexibility index (Phi) is 5.08. The van der Waals surface area contributed by atoms with Gasteiger partial charge in [0.1, 0.15) is 4.88 Å². The van der Waals surface area contributed by atoms with E-state index in [4.69, 9.17) is 23.2 Å². The molecule has 0 saturated carbocycles. The zero-order valence-corrected chi connectivity index (χ0v) is 15.3. The van der Waals surface area contributed by atoms with Crippen LogP contribution in [0.2, 0.25) is 10.0 Å². The fourth-order valence-corrected chi connectivity index (χ4v) is 3.75. The van der Waals surface area contributed by atoms with Crippen LogP contribution in [-0.4, -0.2) is 52.8 Å². The van der Waals surface area contributed by atoms with Crippen LogP contribution >= 0.6 is 34.5 Å². The molecule has 8 heteroatoms. The highest BCUT2D eigenvalue weighted by atomic mass is 35.5. The highest BCUT2D eigenvalue weighted by molar-refractivity contribution is 7.11. The average Bonchev–Trinajstić information content (AvgIpc) is 3.02. The minimum atomic E-state index is -0.163. The largest absolute Gasteiger partial charge is 0.335 e. The van der Waals surface area contributed by atoms with Gasteiger partial charge in [0.25, 0.3) is 11.8 Å². The van der Waals surface area contributed by atoms with Gasteiger partial charge in [-0.25, -0.2) is 4.98 Å². The van der Waals surface area contributed by atoms with Crippen molar-refractivity contribution in [1.29, 1.82) is 0 Å². The number of nitrogens with zero attached hydrogens (tertiary/aromatic N) is 3. The molecule has 1 fully saturated rings. The third-order valence-corrected chi connectivity index (χ3v) is 5.71. The van der Waals surface area contributed by atoms with Crippen LogP contribution in [0.3, 0.4) is 0 Å². The minimum Gasteiger partial charge on any atom is -0.335 e. The number of piperazine rings is 1. The van der Waals surface area contributed by atoms with Crippen molar-refractivity contribution in [3.8, 4) is 0 Å². The van der Waals surface area contributed by atoms with Crippen molar-refractivity contribution in [2.75, 3.05) is 26.2 Å². The molecule has 5 nitrogen and oxygen atoms in total. The van der Waals surface area contributed by atoms with E-state index >= 15 is 0 Å². The Balaban J connectivity index is 1.67. The van der Waals surface area contributed by atoms with Crippen molar-refractivity contribution in [1.82, 2.24) is 14.8 Å². The Morgan fingerprint density at radius 3 is 2.29 bits per heavy atom. The van der Waals surface area contributed by atoms with E-state index in [0.29, 0.717) is 41.6 Å². The van der Waals surface area contributed by atoms with E-state index in [0.717, 1.165) is 5.69 Å². The third-order valence-electron chi connectivity index (χ3n) is 3.98. The second kappa shape index (κ2) is 7.09. The summed E-state index contributed by atoms with van der Waals surface area (Å²) in [6, 6.07) is 5.01. The van der Waals surface area contributed by atoms with Crippen LogP contribution < -0.4 is 0 Å². The van der Waals surface area contributed by atoms with Gasteiger partial charge in [-0.15, -0.1) is 11.3 Å². The molecule has 0 bridgehead atoms. The smallest absolute Gasteiger partial charge is 0.265 e. The standard InChI is InChI=1S/C16H15Cl2N3O2S/c1-10-14(24-9-19-10)16(23)21-7-5-20(6-8-21)15(22)11-3-2-4-12(17)13(11)18/h2-4,9H,5-8H2,1H3. The number of aromatic nitrogens is 1. The van der Waals surface area contributed by atoms with Gasteiger partial charge in [-0.1, -0.05) is 29.3 Å². The van der Waals surface area contributed by atoms with Crippen LogP contribution in [0.25, 0.3) is 0 Å². The lowest BCUT2D eigenvalue weighted by atomic mass is 10.1. The van der Waals surface area contributed by atoms with Crippen LogP contribution in [0, 0.1) is 6.92 Å². The van der Waals surface area contributed by atoms with Gasteiger partial charge in [-0.05, 0) is 19.1 Å². The molecule has 0 radical (unpaired) electrons. The number of carbonyl (C=O) groups excluding carboxylic acids is 2. The highest BCUT2D eigenvalue weighted by Crippen LogP contribution is 2.27. The fraction of sp³-hybridized carbons (Fsp3) is 0.312. The summed E-state index contributed by atoms with van der Waals surface area (Å²) in [7, 11) is 0. The van der Waals surface area contributed by atoms with Crippen molar-refractivity contribution in [2.24, 2.45) is 0 Å². The normalized spacial score (nSPS) is 14.8. The topological polar surface area (TPSA) is 53.5 Å². The van der Waals surface area contributed by atoms with E-state index < -0.39 is 0 Å². The van der Waals surface area contributed by atoms with Gasteiger partial charge >= 0.3 is 0 Å². The van der Waals surface area contributed by atoms with Crippen LogP contribution in [0.1, 0.15) is 25.7 Å². The minimum absolute atomic E-state index is 0.0251. The molecule has 2 amide bonds. The summed E-state index contributed by atoms with van der Waals surface area (Å²) >= 11 is 13.4. The van der Waals surface area contributed by atoms with E-state index in [1.54, 1.807) is 33.5 Å². The number of halogens is 2. The molecule has 0 aliphatic carbocycles. The number of carbonyl (C=O) groups is 2. The van der Waals surface area contributed by atoms with Gasteiger partial charge < -0.3 is 9.80 Å². The Morgan fingerprint density at radius 2 is 1.71 bits per heavy atom. The van der Waals surface area contributed by atoms with Crippen LogP contribution in [0.5, 0.6) is 0 Å². The Morgan fingerprint density at radius 1 is 1.08 bits per heavy atom. The molecular weight excluding hydrogens is 369 g/mol. The fourth-order valence-electron chi connectivity index (χ4n) is 2.60. The molecule has 1 aliphatic rings. The molecule has 0 unspecified atom stereocenters. The molecule has 0 atom stereocenters. The molecule has 3 rings (SSSR count). The average molecular weight is 384 g/mol. The number of hydrogen-bond donors (Lipinski definition) is 0. The molecule has 1 aliphatic heterocycles. The number of hydrogen-bond acceptors (Lipinski definition) is 4. The van der Waals surface area contributed by atoms with Gasteiger partial charge in [0.15, 0.2) is 0 Å². The van der Waals surface area contributed by atoms with E-state index in [1.165, 1.54) is 11.3 Å². The van der Waals surface area contributed by atoms with E-state index in [2.05, 4.69) is 4.98 Å².